The number of carbonyl (C=O) groups excluding carboxylic acids is 1. The zero-order valence-corrected chi connectivity index (χ0v) is 22.9. The van der Waals surface area contributed by atoms with Crippen LogP contribution in [0.5, 0.6) is 5.75 Å². The predicted molar refractivity (Wildman–Crippen MR) is 148 cm³/mol. The highest BCUT2D eigenvalue weighted by Gasteiger charge is 2.63. The van der Waals surface area contributed by atoms with Crippen LogP contribution < -0.4 is 9.46 Å². The van der Waals surface area contributed by atoms with E-state index in [9.17, 15) is 19.2 Å². The Morgan fingerprint density at radius 2 is 1.92 bits per heavy atom. The van der Waals surface area contributed by atoms with E-state index in [2.05, 4.69) is 15.4 Å². The number of hydrogen-bond donors (Lipinski definition) is 2. The SMILES string of the molecule is COc1ccc2c(c1)C1CC1(C(=O)O)Cn1c-2c(C2CCCCC2)c2ccc(C(=O)N[S+]([O-])C(C)C)cc21. The summed E-state index contributed by atoms with van der Waals surface area (Å²) >= 11 is -1.48. The van der Waals surface area contributed by atoms with Crippen molar-refractivity contribution in [2.75, 3.05) is 7.11 Å². The topological polar surface area (TPSA) is 104 Å². The molecule has 2 saturated carbocycles. The largest absolute Gasteiger partial charge is 0.593 e. The molecule has 3 aromatic rings. The number of amides is 1. The van der Waals surface area contributed by atoms with Crippen LogP contribution in [0, 0.1) is 5.41 Å². The Labute approximate surface area is 225 Å². The zero-order valence-electron chi connectivity index (χ0n) is 22.1. The number of aromatic nitrogens is 1. The first-order valence-electron chi connectivity index (χ1n) is 13.5. The summed E-state index contributed by atoms with van der Waals surface area (Å²) < 4.78 is 22.7. The van der Waals surface area contributed by atoms with Crippen LogP contribution in [0.15, 0.2) is 36.4 Å². The summed E-state index contributed by atoms with van der Waals surface area (Å²) in [6.45, 7) is 3.95. The number of carboxylic acids is 1. The molecule has 1 aliphatic heterocycles. The van der Waals surface area contributed by atoms with Crippen LogP contribution in [0.2, 0.25) is 0 Å². The Hall–Kier alpha value is -2.97. The Balaban J connectivity index is 1.59. The Kier molecular flexibility index (Phi) is 6.23. The van der Waals surface area contributed by atoms with Crippen molar-refractivity contribution >= 4 is 34.1 Å². The molecule has 0 spiro atoms. The average Bonchev–Trinajstić information content (AvgIpc) is 3.59. The number of benzene rings is 2. The highest BCUT2D eigenvalue weighted by molar-refractivity contribution is 7.90. The van der Waals surface area contributed by atoms with E-state index in [0.717, 1.165) is 46.3 Å². The summed E-state index contributed by atoms with van der Waals surface area (Å²) in [6, 6.07) is 11.7. The molecule has 2 aromatic carbocycles. The number of hydrogen-bond acceptors (Lipinski definition) is 4. The van der Waals surface area contributed by atoms with E-state index >= 15 is 0 Å². The van der Waals surface area contributed by atoms with Crippen LogP contribution in [0.3, 0.4) is 0 Å². The molecule has 0 radical (unpaired) electrons. The van der Waals surface area contributed by atoms with E-state index in [0.29, 0.717) is 24.4 Å². The third-order valence-electron chi connectivity index (χ3n) is 8.83. The molecule has 6 rings (SSSR count). The number of nitrogens with one attached hydrogen (secondary N) is 1. The van der Waals surface area contributed by atoms with Gasteiger partial charge in [-0.2, -0.15) is 4.72 Å². The summed E-state index contributed by atoms with van der Waals surface area (Å²) in [4.78, 5) is 25.7. The van der Waals surface area contributed by atoms with Crippen LogP contribution >= 0.6 is 0 Å². The molecule has 1 aromatic heterocycles. The highest BCUT2D eigenvalue weighted by atomic mass is 32.2. The average molecular weight is 535 g/mol. The number of nitrogens with zero attached hydrogens (tertiary/aromatic N) is 1. The lowest BCUT2D eigenvalue weighted by atomic mass is 9.81. The van der Waals surface area contributed by atoms with Crippen LogP contribution in [-0.4, -0.2) is 38.5 Å². The van der Waals surface area contributed by atoms with Crippen molar-refractivity contribution in [2.24, 2.45) is 5.41 Å². The third kappa shape index (κ3) is 3.92. The molecule has 2 N–H and O–H groups in total. The maximum Gasteiger partial charge on any atom is 0.312 e. The summed E-state index contributed by atoms with van der Waals surface area (Å²) in [7, 11) is 1.64. The van der Waals surface area contributed by atoms with Gasteiger partial charge in [0.25, 0.3) is 5.91 Å². The van der Waals surface area contributed by atoms with E-state index in [1.165, 1.54) is 24.8 Å². The molecule has 38 heavy (non-hydrogen) atoms. The van der Waals surface area contributed by atoms with Crippen molar-refractivity contribution in [3.05, 3.63) is 53.1 Å². The van der Waals surface area contributed by atoms with Gasteiger partial charge in [-0.1, -0.05) is 25.3 Å². The molecular formula is C30H34N2O5S. The number of aliphatic carboxylic acids is 1. The molecule has 2 aliphatic carbocycles. The molecular weight excluding hydrogens is 500 g/mol. The second-order valence-electron chi connectivity index (χ2n) is 11.4. The molecule has 3 atom stereocenters. The van der Waals surface area contributed by atoms with Gasteiger partial charge in [0.05, 0.1) is 29.6 Å². The maximum atomic E-state index is 13.0. The van der Waals surface area contributed by atoms with Gasteiger partial charge >= 0.3 is 5.97 Å². The van der Waals surface area contributed by atoms with Crippen molar-refractivity contribution in [3.63, 3.8) is 0 Å². The number of fused-ring (bicyclic) bond motifs is 7. The predicted octanol–water partition coefficient (Wildman–Crippen LogP) is 5.74. The number of carbonyl (C=O) groups is 2. The smallest absolute Gasteiger partial charge is 0.312 e. The fraction of sp³-hybridized carbons (Fsp3) is 0.467. The molecule has 8 heteroatoms. The van der Waals surface area contributed by atoms with Gasteiger partial charge in [0.1, 0.15) is 11.0 Å². The highest BCUT2D eigenvalue weighted by Crippen LogP contribution is 2.65. The Morgan fingerprint density at radius 3 is 2.61 bits per heavy atom. The van der Waals surface area contributed by atoms with Crippen LogP contribution in [0.4, 0.5) is 0 Å². The quantitative estimate of drug-likeness (QED) is 0.393. The van der Waals surface area contributed by atoms with E-state index < -0.39 is 22.7 Å². The fourth-order valence-electron chi connectivity index (χ4n) is 6.69. The van der Waals surface area contributed by atoms with Gasteiger partial charge in [0.2, 0.25) is 0 Å². The van der Waals surface area contributed by atoms with Gasteiger partial charge in [-0.05, 0) is 80.5 Å². The lowest BCUT2D eigenvalue weighted by Crippen LogP contribution is -2.35. The third-order valence-corrected chi connectivity index (χ3v) is 10.1. The van der Waals surface area contributed by atoms with E-state index in [4.69, 9.17) is 4.74 Å². The first-order chi connectivity index (χ1) is 18.2. The molecule has 2 fully saturated rings. The van der Waals surface area contributed by atoms with E-state index in [-0.39, 0.29) is 17.1 Å². The molecule has 3 unspecified atom stereocenters. The van der Waals surface area contributed by atoms with Crippen LogP contribution in [0.25, 0.3) is 22.2 Å². The van der Waals surface area contributed by atoms with Crippen molar-refractivity contribution in [2.45, 2.75) is 76.0 Å². The summed E-state index contributed by atoms with van der Waals surface area (Å²) in [6.07, 6.45) is 6.36. The van der Waals surface area contributed by atoms with E-state index in [1.54, 1.807) is 21.0 Å². The number of methoxy groups -OCH3 is 1. The Morgan fingerprint density at radius 1 is 1.16 bits per heavy atom. The number of ether oxygens (including phenoxy) is 1. The van der Waals surface area contributed by atoms with Gasteiger partial charge in [0.15, 0.2) is 0 Å². The van der Waals surface area contributed by atoms with Gasteiger partial charge in [-0.25, -0.2) is 0 Å². The molecule has 0 bridgehead atoms. The second-order valence-corrected chi connectivity index (χ2v) is 13.1. The Bertz CT molecular complexity index is 1440. The molecule has 7 nitrogen and oxygen atoms in total. The van der Waals surface area contributed by atoms with Gasteiger partial charge in [-0.15, -0.1) is 0 Å². The van der Waals surface area contributed by atoms with Crippen molar-refractivity contribution < 1.29 is 24.0 Å². The normalized spacial score (nSPS) is 23.2. The van der Waals surface area contributed by atoms with Gasteiger partial charge in [0, 0.05) is 34.5 Å². The summed E-state index contributed by atoms with van der Waals surface area (Å²) in [5.74, 6) is -0.146. The minimum absolute atomic E-state index is 0.0841. The molecule has 1 amide bonds. The lowest BCUT2D eigenvalue weighted by molar-refractivity contribution is -0.144. The zero-order chi connectivity index (χ0) is 26.8. The monoisotopic (exact) mass is 534 g/mol. The molecule has 200 valence electrons. The lowest BCUT2D eigenvalue weighted by Gasteiger charge is -2.24. The minimum Gasteiger partial charge on any atom is -0.593 e. The molecule has 2 heterocycles. The summed E-state index contributed by atoms with van der Waals surface area (Å²) in [5, 5.41) is 11.3. The molecule has 3 aliphatic rings. The second kappa shape index (κ2) is 9.35. The van der Waals surface area contributed by atoms with Gasteiger partial charge in [-0.3, -0.25) is 9.59 Å². The first kappa shape index (κ1) is 25.3. The van der Waals surface area contributed by atoms with Crippen molar-refractivity contribution in [3.8, 4) is 17.0 Å². The number of carboxylic acid groups (broad SMARTS) is 1. The standard InChI is InChI=1S/C30H34N2O5S/c1-17(2)38(36)31-28(33)19-9-11-22-25(13-19)32-16-30(29(34)35)15-24(30)23-14-20(37-3)10-12-21(23)27(32)26(22)18-7-5-4-6-8-18/h9-14,17-18,24H,4-8,15-16H2,1-3H3,(H,31,33)(H,34,35). The number of rotatable bonds is 6. The van der Waals surface area contributed by atoms with Crippen LogP contribution in [0.1, 0.15) is 85.7 Å². The first-order valence-corrected chi connectivity index (χ1v) is 14.8. The van der Waals surface area contributed by atoms with E-state index in [1.807, 2.05) is 30.3 Å². The van der Waals surface area contributed by atoms with Gasteiger partial charge < -0.3 is 19.0 Å². The minimum atomic E-state index is -1.48. The molecule has 0 saturated heterocycles. The summed E-state index contributed by atoms with van der Waals surface area (Å²) in [5.41, 5.74) is 4.87. The van der Waals surface area contributed by atoms with Crippen molar-refractivity contribution in [1.82, 2.24) is 9.29 Å². The van der Waals surface area contributed by atoms with Crippen molar-refractivity contribution in [1.29, 1.82) is 0 Å². The fourth-order valence-corrected chi connectivity index (χ4v) is 7.23. The van der Waals surface area contributed by atoms with Crippen LogP contribution in [-0.2, 0) is 22.7 Å². The maximum absolute atomic E-state index is 13.0.